The first-order valence-corrected chi connectivity index (χ1v) is 2.33. The van der Waals surface area contributed by atoms with Crippen LogP contribution >= 0.6 is 0 Å². The molecule has 0 aromatic carbocycles. The third-order valence-electron chi connectivity index (χ3n) is 0.529. The zero-order valence-corrected chi connectivity index (χ0v) is 4.68. The van der Waals surface area contributed by atoms with Gasteiger partial charge in [0.25, 0.3) is 0 Å². The van der Waals surface area contributed by atoms with Gasteiger partial charge >= 0.3 is 35.5 Å². The maximum absolute atomic E-state index is 10.2. The van der Waals surface area contributed by atoms with Crippen molar-refractivity contribution in [3.8, 4) is 6.07 Å². The molecule has 0 amide bonds. The molecule has 0 aliphatic rings. The van der Waals surface area contributed by atoms with E-state index in [0.29, 0.717) is 6.61 Å². The monoisotopic (exact) mass is 137 g/mol. The van der Waals surface area contributed by atoms with Crippen LogP contribution in [0.3, 0.4) is 0 Å². The van der Waals surface area contributed by atoms with Gasteiger partial charge in [0.05, 0.1) is 12.7 Å². The third-order valence-corrected chi connectivity index (χ3v) is 0.529. The van der Waals surface area contributed by atoms with Gasteiger partial charge in [-0.05, 0) is 6.92 Å². The Balaban J connectivity index is 0. The second-order valence-corrected chi connectivity index (χ2v) is 1.14. The van der Waals surface area contributed by atoms with Crippen LogP contribution in [0.15, 0.2) is 0 Å². The van der Waals surface area contributed by atoms with Gasteiger partial charge in [0.2, 0.25) is 0 Å². The van der Waals surface area contributed by atoms with Crippen LogP contribution in [0.4, 0.5) is 0 Å². The minimum absolute atomic E-state index is 0. The first-order chi connectivity index (χ1) is 3.81. The Kier molecular flexibility index (Phi) is 10.4. The summed E-state index contributed by atoms with van der Waals surface area (Å²) < 4.78 is 4.42. The number of ether oxygens (including phenoxy) is 1. The number of nitrogens with zero attached hydrogens (tertiary/aromatic N) is 1. The number of nitriles is 1. The first-order valence-electron chi connectivity index (χ1n) is 2.33. The van der Waals surface area contributed by atoms with Crippen LogP contribution in [0.1, 0.15) is 13.3 Å². The molecule has 0 N–H and O–H groups in total. The molecule has 0 aromatic rings. The molecule has 0 spiro atoms. The fourth-order valence-corrected chi connectivity index (χ4v) is 0.277. The van der Waals surface area contributed by atoms with Crippen LogP contribution < -0.4 is 0 Å². The minimum atomic E-state index is -0.449. The van der Waals surface area contributed by atoms with Crippen molar-refractivity contribution in [2.24, 2.45) is 0 Å². The average Bonchev–Trinajstić information content (AvgIpc) is 1.68. The van der Waals surface area contributed by atoms with Crippen LogP contribution in [0.5, 0.6) is 0 Å². The van der Waals surface area contributed by atoms with E-state index >= 15 is 0 Å². The van der Waals surface area contributed by atoms with Crippen molar-refractivity contribution in [2.75, 3.05) is 6.61 Å². The van der Waals surface area contributed by atoms with Crippen LogP contribution in [-0.4, -0.2) is 42.1 Å². The second kappa shape index (κ2) is 7.96. The Bertz CT molecular complexity index is 119. The molecule has 3 nitrogen and oxygen atoms in total. The van der Waals surface area contributed by atoms with Crippen molar-refractivity contribution in [2.45, 2.75) is 13.3 Å². The van der Waals surface area contributed by atoms with Gasteiger partial charge in [-0.1, -0.05) is 0 Å². The fraction of sp³-hybridized carbons (Fsp3) is 0.600. The van der Waals surface area contributed by atoms with Crippen molar-refractivity contribution >= 4 is 35.5 Å². The summed E-state index contributed by atoms with van der Waals surface area (Å²) in [6, 6.07) is 1.68. The Morgan fingerprint density at radius 3 is 2.67 bits per heavy atom. The van der Waals surface area contributed by atoms with Crippen molar-refractivity contribution in [3.63, 3.8) is 0 Å². The second-order valence-electron chi connectivity index (χ2n) is 1.14. The number of carbonyl (C=O) groups is 1. The van der Waals surface area contributed by atoms with Gasteiger partial charge < -0.3 is 4.74 Å². The molecule has 0 atom stereocenters. The summed E-state index contributed by atoms with van der Waals surface area (Å²) in [7, 11) is 0. The molecule has 0 radical (unpaired) electrons. The fourth-order valence-electron chi connectivity index (χ4n) is 0.277. The number of esters is 1. The molecule has 0 aliphatic carbocycles. The summed E-state index contributed by atoms with van der Waals surface area (Å²) in [6.07, 6.45) is -0.145. The Morgan fingerprint density at radius 1 is 1.78 bits per heavy atom. The molecule has 0 unspecified atom stereocenters. The number of hydrogen-bond acceptors (Lipinski definition) is 3. The SMILES string of the molecule is CCOC(=O)CC#N.[NaH]. The molecule has 0 heterocycles. The van der Waals surface area contributed by atoms with E-state index in [1.807, 2.05) is 0 Å². The normalized spacial score (nSPS) is 6.67. The molecular weight excluding hydrogens is 129 g/mol. The summed E-state index contributed by atoms with van der Waals surface area (Å²) >= 11 is 0. The topological polar surface area (TPSA) is 50.1 Å². The summed E-state index contributed by atoms with van der Waals surface area (Å²) in [5, 5.41) is 7.91. The van der Waals surface area contributed by atoms with E-state index in [1.165, 1.54) is 0 Å². The van der Waals surface area contributed by atoms with E-state index in [1.54, 1.807) is 13.0 Å². The molecule has 4 heteroatoms. The van der Waals surface area contributed by atoms with Crippen molar-refractivity contribution < 1.29 is 9.53 Å². The van der Waals surface area contributed by atoms with E-state index in [4.69, 9.17) is 5.26 Å². The van der Waals surface area contributed by atoms with Gasteiger partial charge in [-0.25, -0.2) is 0 Å². The quantitative estimate of drug-likeness (QED) is 0.391. The molecule has 0 bridgehead atoms. The summed E-state index contributed by atoms with van der Waals surface area (Å²) in [6.45, 7) is 2.05. The van der Waals surface area contributed by atoms with Crippen LogP contribution in [-0.2, 0) is 9.53 Å². The summed E-state index contributed by atoms with van der Waals surface area (Å²) in [4.78, 5) is 10.2. The first kappa shape index (κ1) is 11.7. The Labute approximate surface area is 76.3 Å². The van der Waals surface area contributed by atoms with Crippen molar-refractivity contribution in [1.29, 1.82) is 5.26 Å². The Morgan fingerprint density at radius 2 is 2.33 bits per heavy atom. The van der Waals surface area contributed by atoms with E-state index in [2.05, 4.69) is 4.74 Å². The van der Waals surface area contributed by atoms with E-state index in [-0.39, 0.29) is 36.0 Å². The molecule has 0 aromatic heterocycles. The van der Waals surface area contributed by atoms with Crippen LogP contribution in [0.2, 0.25) is 0 Å². The molecule has 46 valence electrons. The predicted molar refractivity (Wildman–Crippen MR) is 34.0 cm³/mol. The van der Waals surface area contributed by atoms with Crippen molar-refractivity contribution in [1.82, 2.24) is 0 Å². The molecule has 0 saturated carbocycles. The summed E-state index contributed by atoms with van der Waals surface area (Å²) in [5.41, 5.74) is 0. The molecular formula is C5H8NNaO2. The van der Waals surface area contributed by atoms with Gasteiger partial charge in [-0.3, -0.25) is 4.79 Å². The molecule has 0 saturated heterocycles. The van der Waals surface area contributed by atoms with Crippen molar-refractivity contribution in [3.05, 3.63) is 0 Å². The zero-order chi connectivity index (χ0) is 6.41. The predicted octanol–water partition coefficient (Wildman–Crippen LogP) is -0.185. The standard InChI is InChI=1S/C5H7NO2.Na.H/c1-2-8-5(7)3-4-6;;/h2-3H2,1H3;;. The van der Waals surface area contributed by atoms with Gasteiger partial charge in [0.15, 0.2) is 0 Å². The van der Waals surface area contributed by atoms with Crippen LogP contribution in [0, 0.1) is 11.3 Å². The number of carbonyl (C=O) groups excluding carboxylic acids is 1. The van der Waals surface area contributed by atoms with Gasteiger partial charge in [-0.2, -0.15) is 5.26 Å². The van der Waals surface area contributed by atoms with Crippen LogP contribution in [0.25, 0.3) is 0 Å². The summed E-state index contributed by atoms with van der Waals surface area (Å²) in [5.74, 6) is -0.449. The van der Waals surface area contributed by atoms with E-state index in [9.17, 15) is 4.79 Å². The maximum atomic E-state index is 10.2. The van der Waals surface area contributed by atoms with Gasteiger partial charge in [-0.15, -0.1) is 0 Å². The van der Waals surface area contributed by atoms with Gasteiger partial charge in [0.1, 0.15) is 6.42 Å². The Hall–Kier alpha value is -0.0400. The van der Waals surface area contributed by atoms with E-state index < -0.39 is 5.97 Å². The third kappa shape index (κ3) is 7.96. The zero-order valence-electron chi connectivity index (χ0n) is 4.68. The molecule has 0 aliphatic heterocycles. The molecule has 9 heavy (non-hydrogen) atoms. The molecule has 0 fully saturated rings. The average molecular weight is 137 g/mol. The number of hydrogen-bond donors (Lipinski definition) is 0. The molecule has 0 rings (SSSR count). The number of rotatable bonds is 2. The van der Waals surface area contributed by atoms with E-state index in [0.717, 1.165) is 0 Å². The van der Waals surface area contributed by atoms with Gasteiger partial charge in [0, 0.05) is 0 Å².